The van der Waals surface area contributed by atoms with E-state index in [-0.39, 0.29) is 10.9 Å². The number of halogens is 5. The molecule has 0 amide bonds. The molecule has 0 spiro atoms. The lowest BCUT2D eigenvalue weighted by Gasteiger charge is -2.09. The summed E-state index contributed by atoms with van der Waals surface area (Å²) in [6.07, 6.45) is 0. The van der Waals surface area contributed by atoms with Crippen molar-refractivity contribution in [2.45, 2.75) is 6.54 Å². The van der Waals surface area contributed by atoms with Gasteiger partial charge in [-0.05, 0) is 12.1 Å². The number of aromatic nitrogens is 3. The molecule has 2 aromatic carbocycles. The minimum Gasteiger partial charge on any atom is -0.267 e. The molecule has 3 aromatic rings. The molecular weight excluding hydrogens is 321 g/mol. The third-order valence-electron chi connectivity index (χ3n) is 3.24. The van der Waals surface area contributed by atoms with Crippen LogP contribution in [-0.2, 0) is 6.54 Å². The van der Waals surface area contributed by atoms with Crippen molar-refractivity contribution < 1.29 is 22.0 Å². The summed E-state index contributed by atoms with van der Waals surface area (Å²) in [6.45, 7) is -0.942. The van der Waals surface area contributed by atoms with Crippen LogP contribution in [0.3, 0.4) is 0 Å². The fourth-order valence-corrected chi connectivity index (χ4v) is 2.07. The van der Waals surface area contributed by atoms with E-state index in [1.165, 1.54) is 18.2 Å². The summed E-state index contributed by atoms with van der Waals surface area (Å²) < 4.78 is 67.2. The summed E-state index contributed by atoms with van der Waals surface area (Å²) in [7, 11) is 0. The highest BCUT2D eigenvalue weighted by Crippen LogP contribution is 2.23. The molecule has 0 N–H and O–H groups in total. The van der Waals surface area contributed by atoms with Crippen molar-refractivity contribution >= 4 is 10.9 Å². The summed E-state index contributed by atoms with van der Waals surface area (Å²) in [5.41, 5.74) is -1.68. The fraction of sp³-hybridized carbons (Fsp3) is 0.0714. The van der Waals surface area contributed by atoms with Crippen LogP contribution >= 0.6 is 0 Å². The van der Waals surface area contributed by atoms with Crippen molar-refractivity contribution in [1.82, 2.24) is 15.0 Å². The molecule has 23 heavy (non-hydrogen) atoms. The van der Waals surface area contributed by atoms with Crippen LogP contribution in [-0.4, -0.2) is 15.0 Å². The van der Waals surface area contributed by atoms with Gasteiger partial charge in [0.1, 0.15) is 5.52 Å². The molecule has 0 saturated heterocycles. The quantitative estimate of drug-likeness (QED) is 0.413. The predicted octanol–water partition coefficient (Wildman–Crippen LogP) is 2.54. The van der Waals surface area contributed by atoms with Crippen molar-refractivity contribution in [3.05, 3.63) is 69.3 Å². The van der Waals surface area contributed by atoms with E-state index in [0.29, 0.717) is 4.68 Å². The molecule has 0 bridgehead atoms. The first-order chi connectivity index (χ1) is 10.9. The second-order valence-corrected chi connectivity index (χ2v) is 4.62. The molecule has 0 aliphatic heterocycles. The third kappa shape index (κ3) is 2.33. The number of nitrogens with zero attached hydrogens (tertiary/aromatic N) is 3. The van der Waals surface area contributed by atoms with Gasteiger partial charge >= 0.3 is 0 Å². The van der Waals surface area contributed by atoms with Crippen LogP contribution in [0.25, 0.3) is 10.9 Å². The van der Waals surface area contributed by atoms with Gasteiger partial charge in [0.15, 0.2) is 23.3 Å². The van der Waals surface area contributed by atoms with Gasteiger partial charge in [0.25, 0.3) is 5.56 Å². The van der Waals surface area contributed by atoms with Gasteiger partial charge < -0.3 is 0 Å². The fourth-order valence-electron chi connectivity index (χ4n) is 2.07. The highest BCUT2D eigenvalue weighted by molar-refractivity contribution is 5.76. The molecule has 0 radical (unpaired) electrons. The third-order valence-corrected chi connectivity index (χ3v) is 3.24. The van der Waals surface area contributed by atoms with E-state index in [0.717, 1.165) is 0 Å². The van der Waals surface area contributed by atoms with E-state index >= 15 is 0 Å². The van der Waals surface area contributed by atoms with Crippen molar-refractivity contribution in [2.75, 3.05) is 0 Å². The smallest absolute Gasteiger partial charge is 0.267 e. The highest BCUT2D eigenvalue weighted by atomic mass is 19.2. The molecule has 0 saturated carbocycles. The number of hydrogen-bond acceptors (Lipinski definition) is 3. The molecule has 0 aliphatic rings. The Morgan fingerprint density at radius 2 is 1.43 bits per heavy atom. The van der Waals surface area contributed by atoms with Crippen LogP contribution in [0, 0.1) is 29.1 Å². The van der Waals surface area contributed by atoms with Crippen LogP contribution in [0.15, 0.2) is 29.1 Å². The lowest BCUT2D eigenvalue weighted by Crippen LogP contribution is -2.26. The summed E-state index contributed by atoms with van der Waals surface area (Å²) >= 11 is 0. The second-order valence-electron chi connectivity index (χ2n) is 4.62. The molecule has 0 aliphatic carbocycles. The van der Waals surface area contributed by atoms with Crippen molar-refractivity contribution in [3.8, 4) is 0 Å². The molecule has 0 unspecified atom stereocenters. The van der Waals surface area contributed by atoms with Gasteiger partial charge in [-0.3, -0.25) is 4.79 Å². The maximum absolute atomic E-state index is 13.6. The Kier molecular flexibility index (Phi) is 3.55. The maximum Gasteiger partial charge on any atom is 0.277 e. The Morgan fingerprint density at radius 3 is 2.09 bits per heavy atom. The molecule has 9 heteroatoms. The summed E-state index contributed by atoms with van der Waals surface area (Å²) in [5, 5.41) is 7.22. The molecule has 4 nitrogen and oxygen atoms in total. The Balaban J connectivity index is 2.17. The molecular formula is C14H6F5N3O. The summed E-state index contributed by atoms with van der Waals surface area (Å²) in [5.74, 6) is -10.5. The van der Waals surface area contributed by atoms with Gasteiger partial charge in [-0.25, -0.2) is 26.6 Å². The van der Waals surface area contributed by atoms with E-state index in [9.17, 15) is 26.7 Å². The van der Waals surface area contributed by atoms with Gasteiger partial charge in [0, 0.05) is 0 Å². The SMILES string of the molecule is O=c1c2ccccc2nnn1Cc1c(F)c(F)c(F)c(F)c1F. The lowest BCUT2D eigenvalue weighted by molar-refractivity contribution is 0.365. The molecule has 0 atom stereocenters. The molecule has 1 heterocycles. The van der Waals surface area contributed by atoms with Crippen LogP contribution in [0.1, 0.15) is 5.56 Å². The first-order valence-electron chi connectivity index (χ1n) is 6.24. The first-order valence-corrected chi connectivity index (χ1v) is 6.24. The van der Waals surface area contributed by atoms with Gasteiger partial charge in [0.2, 0.25) is 5.82 Å². The van der Waals surface area contributed by atoms with E-state index in [2.05, 4.69) is 10.3 Å². The van der Waals surface area contributed by atoms with E-state index in [1.54, 1.807) is 6.07 Å². The minimum atomic E-state index is -2.26. The van der Waals surface area contributed by atoms with E-state index in [4.69, 9.17) is 0 Å². The lowest BCUT2D eigenvalue weighted by atomic mass is 10.1. The topological polar surface area (TPSA) is 47.8 Å². The van der Waals surface area contributed by atoms with Gasteiger partial charge in [-0.15, -0.1) is 5.10 Å². The Morgan fingerprint density at radius 1 is 0.870 bits per heavy atom. The monoisotopic (exact) mass is 327 g/mol. The zero-order valence-electron chi connectivity index (χ0n) is 11.2. The van der Waals surface area contributed by atoms with Crippen molar-refractivity contribution in [3.63, 3.8) is 0 Å². The summed E-state index contributed by atoms with van der Waals surface area (Å²) in [6, 6.07) is 6.03. The second kappa shape index (κ2) is 5.41. The summed E-state index contributed by atoms with van der Waals surface area (Å²) in [4.78, 5) is 12.1. The maximum atomic E-state index is 13.6. The van der Waals surface area contributed by atoms with Crippen LogP contribution in [0.2, 0.25) is 0 Å². The number of benzene rings is 2. The van der Waals surface area contributed by atoms with Crippen LogP contribution < -0.4 is 5.56 Å². The average molecular weight is 327 g/mol. The largest absolute Gasteiger partial charge is 0.277 e. The number of rotatable bonds is 2. The van der Waals surface area contributed by atoms with Crippen LogP contribution in [0.4, 0.5) is 22.0 Å². The minimum absolute atomic E-state index is 0.103. The number of hydrogen-bond donors (Lipinski definition) is 0. The van der Waals surface area contributed by atoms with Gasteiger partial charge in [-0.1, -0.05) is 17.3 Å². The molecule has 1 aromatic heterocycles. The van der Waals surface area contributed by atoms with Crippen molar-refractivity contribution in [1.29, 1.82) is 0 Å². The number of fused-ring (bicyclic) bond motifs is 1. The average Bonchev–Trinajstić information content (AvgIpc) is 2.57. The normalized spacial score (nSPS) is 11.2. The van der Waals surface area contributed by atoms with Gasteiger partial charge in [0.05, 0.1) is 17.5 Å². The van der Waals surface area contributed by atoms with Gasteiger partial charge in [-0.2, -0.15) is 0 Å². The van der Waals surface area contributed by atoms with E-state index in [1.807, 2.05) is 0 Å². The molecule has 3 rings (SSSR count). The standard InChI is InChI=1S/C14H6F5N3O/c15-9-7(10(16)12(18)13(19)11(9)17)5-22-14(23)6-3-1-2-4-8(6)20-21-22/h1-4H,5H2. The zero-order chi connectivity index (χ0) is 16.7. The van der Waals surface area contributed by atoms with Crippen LogP contribution in [0.5, 0.6) is 0 Å². The Hall–Kier alpha value is -2.84. The molecule has 118 valence electrons. The molecule has 0 fully saturated rings. The zero-order valence-corrected chi connectivity index (χ0v) is 11.2. The predicted molar refractivity (Wildman–Crippen MR) is 69.1 cm³/mol. The highest BCUT2D eigenvalue weighted by Gasteiger charge is 2.26. The van der Waals surface area contributed by atoms with E-state index < -0.39 is 46.8 Å². The Bertz CT molecular complexity index is 957. The van der Waals surface area contributed by atoms with Crippen molar-refractivity contribution in [2.24, 2.45) is 0 Å². The first kappa shape index (κ1) is 15.1. The Labute approximate surface area is 124 Å².